The van der Waals surface area contributed by atoms with Crippen molar-refractivity contribution in [2.24, 2.45) is 0 Å². The summed E-state index contributed by atoms with van der Waals surface area (Å²) in [5, 5.41) is 5.71. The summed E-state index contributed by atoms with van der Waals surface area (Å²) in [6.07, 6.45) is 33.9. The maximum absolute atomic E-state index is 2.43. The van der Waals surface area contributed by atoms with E-state index >= 15 is 0 Å². The van der Waals surface area contributed by atoms with E-state index in [1.165, 1.54) is 44.9 Å². The van der Waals surface area contributed by atoms with E-state index in [9.17, 15) is 0 Å². The summed E-state index contributed by atoms with van der Waals surface area (Å²) in [4.78, 5) is 0. The minimum atomic E-state index is -0.560. The van der Waals surface area contributed by atoms with Crippen LogP contribution in [0.15, 0.2) is 121 Å². The predicted molar refractivity (Wildman–Crippen MR) is 219 cm³/mol. The SMILES string of the molecule is C[C@@H]([C]1[CH][CH][CH][C]1[C]1[CH][CH][CH][C]1[C@H](C)P(c1ccccc1)c1ccccc1)P(c1ccccc1)c1ccccc1.[CH]1[CH][CH][CH][CH]1.[CH]1[CH][CH][CH][CH]1.[Fe].[Fe]. The van der Waals surface area contributed by atoms with Crippen molar-refractivity contribution in [1.82, 2.24) is 0 Å². The van der Waals surface area contributed by atoms with Crippen LogP contribution in [-0.4, -0.2) is 11.3 Å². The molecule has 4 fully saturated rings. The third-order valence-electron chi connectivity index (χ3n) is 8.91. The summed E-state index contributed by atoms with van der Waals surface area (Å²) in [5.74, 6) is 5.66. The monoisotopic (exact) mass is 794 g/mol. The Morgan fingerprint density at radius 1 is 0.308 bits per heavy atom. The fraction of sp³-hybridized carbons (Fsp3) is 0.0833. The molecular weight excluding hydrogens is 750 g/mol. The number of rotatable bonds is 9. The Morgan fingerprint density at radius 3 is 0.769 bits per heavy atom. The average molecular weight is 795 g/mol. The van der Waals surface area contributed by atoms with Crippen LogP contribution < -0.4 is 21.2 Å². The molecule has 4 heteroatoms. The Morgan fingerprint density at radius 2 is 0.538 bits per heavy atom. The van der Waals surface area contributed by atoms with E-state index < -0.39 is 15.8 Å². The zero-order valence-electron chi connectivity index (χ0n) is 29.5. The molecule has 0 aromatic heterocycles. The van der Waals surface area contributed by atoms with Crippen molar-refractivity contribution < 1.29 is 34.1 Å². The van der Waals surface area contributed by atoms with Crippen molar-refractivity contribution in [1.29, 1.82) is 0 Å². The molecule has 4 aliphatic rings. The van der Waals surface area contributed by atoms with Crippen LogP contribution in [0.1, 0.15) is 13.8 Å². The maximum atomic E-state index is 2.43. The van der Waals surface area contributed by atoms with Crippen molar-refractivity contribution >= 4 is 37.1 Å². The van der Waals surface area contributed by atoms with Gasteiger partial charge in [0.1, 0.15) is 0 Å². The van der Waals surface area contributed by atoms with Gasteiger partial charge in [0.2, 0.25) is 0 Å². The van der Waals surface area contributed by atoms with Crippen LogP contribution >= 0.6 is 15.8 Å². The van der Waals surface area contributed by atoms with E-state index in [1.807, 2.05) is 64.2 Å². The van der Waals surface area contributed by atoms with Crippen LogP contribution in [0.5, 0.6) is 0 Å². The molecule has 0 heterocycles. The molecule has 0 amide bonds. The molecule has 0 saturated heterocycles. The Kier molecular flexibility index (Phi) is 19.8. The second-order valence-electron chi connectivity index (χ2n) is 12.1. The van der Waals surface area contributed by atoms with Gasteiger partial charge < -0.3 is 0 Å². The van der Waals surface area contributed by atoms with Crippen LogP contribution in [0.2, 0.25) is 0 Å². The van der Waals surface area contributed by atoms with E-state index in [0.29, 0.717) is 11.3 Å². The predicted octanol–water partition coefficient (Wildman–Crippen LogP) is 9.62. The van der Waals surface area contributed by atoms with Crippen molar-refractivity contribution in [3.8, 4) is 0 Å². The first-order valence-corrected chi connectivity index (χ1v) is 20.2. The molecule has 262 valence electrons. The first-order valence-electron chi connectivity index (χ1n) is 17.4. The van der Waals surface area contributed by atoms with Gasteiger partial charge in [0.15, 0.2) is 0 Å². The van der Waals surface area contributed by atoms with Crippen LogP contribution in [0.3, 0.4) is 0 Å². The molecule has 4 aromatic carbocycles. The largest absolute Gasteiger partial charge is 0.0622 e. The van der Waals surface area contributed by atoms with Crippen LogP contribution in [0, 0.1) is 126 Å². The molecular formula is C48H44Fe2P2. The fourth-order valence-corrected chi connectivity index (χ4v) is 11.9. The first-order chi connectivity index (χ1) is 24.7. The van der Waals surface area contributed by atoms with Gasteiger partial charge in [-0.05, 0) is 175 Å². The molecule has 0 nitrogen and oxygen atoms in total. The topological polar surface area (TPSA) is 0 Å². The van der Waals surface area contributed by atoms with Gasteiger partial charge in [-0.2, -0.15) is 0 Å². The molecule has 4 aliphatic carbocycles. The maximum Gasteiger partial charge on any atom is 0 e. The molecule has 0 N–H and O–H groups in total. The number of benzene rings is 4. The Balaban J connectivity index is 0.000000436. The van der Waals surface area contributed by atoms with Crippen LogP contribution in [0.25, 0.3) is 0 Å². The Bertz CT molecular complexity index is 1270. The zero-order valence-corrected chi connectivity index (χ0v) is 33.5. The minimum Gasteiger partial charge on any atom is -0.0622 e. The van der Waals surface area contributed by atoms with E-state index in [0.717, 1.165) is 0 Å². The summed E-state index contributed by atoms with van der Waals surface area (Å²) in [7, 11) is -1.12. The van der Waals surface area contributed by atoms with Crippen molar-refractivity contribution in [2.45, 2.75) is 25.2 Å². The van der Waals surface area contributed by atoms with Gasteiger partial charge in [0.25, 0.3) is 0 Å². The summed E-state index contributed by atoms with van der Waals surface area (Å²) in [5.41, 5.74) is 0.764. The molecule has 0 bridgehead atoms. The van der Waals surface area contributed by atoms with Gasteiger partial charge in [0.05, 0.1) is 0 Å². The van der Waals surface area contributed by atoms with E-state index in [-0.39, 0.29) is 34.1 Å². The molecule has 2 atom stereocenters. The van der Waals surface area contributed by atoms with Gasteiger partial charge in [-0.1, -0.05) is 135 Å². The van der Waals surface area contributed by atoms with E-state index in [2.05, 4.69) is 174 Å². The Labute approximate surface area is 342 Å². The van der Waals surface area contributed by atoms with E-state index in [4.69, 9.17) is 0 Å². The first kappa shape index (κ1) is 43.5. The van der Waals surface area contributed by atoms with Gasteiger partial charge >= 0.3 is 0 Å². The molecule has 4 saturated carbocycles. The van der Waals surface area contributed by atoms with Crippen LogP contribution in [0.4, 0.5) is 0 Å². The summed E-state index contributed by atoms with van der Waals surface area (Å²) < 4.78 is 0. The van der Waals surface area contributed by atoms with Gasteiger partial charge in [-0.25, -0.2) is 0 Å². The fourth-order valence-electron chi connectivity index (χ4n) is 6.55. The normalized spacial score (nSPS) is 19.2. The molecule has 0 unspecified atom stereocenters. The van der Waals surface area contributed by atoms with Crippen molar-refractivity contribution in [3.05, 3.63) is 248 Å². The summed E-state index contributed by atoms with van der Waals surface area (Å²) >= 11 is 0. The zero-order chi connectivity index (χ0) is 34.4. The molecule has 20 radical (unpaired) electrons. The molecule has 0 aliphatic heterocycles. The standard InChI is InChI=1S/C38H34P2.2C5H5.2Fe/c1-29(39(31-17-7-3-8-18-31)32-19-9-4-10-20-32)35-25-15-27-37(35)38-28-16-26-36(38)30(2)40(33-21-11-5-12-22-33)34-23-13-6-14-24-34;2*1-2-4-5-3-1;;/h3-30H,1-2H3;2*1-5H;;/t29-,30-;;;;/m0..../s1. The Hall–Kier alpha value is -1.22. The van der Waals surface area contributed by atoms with Crippen molar-refractivity contribution in [3.63, 3.8) is 0 Å². The average Bonchev–Trinajstić information content (AvgIpc) is 4.03. The summed E-state index contributed by atoms with van der Waals surface area (Å²) in [6.45, 7) is 4.86. The quantitative estimate of drug-likeness (QED) is 0.117. The smallest absolute Gasteiger partial charge is 0 e. The minimum absolute atomic E-state index is 0. The third-order valence-corrected chi connectivity index (χ3v) is 14.4. The van der Waals surface area contributed by atoms with Crippen molar-refractivity contribution in [2.75, 3.05) is 0 Å². The third kappa shape index (κ3) is 11.9. The van der Waals surface area contributed by atoms with Gasteiger partial charge in [0, 0.05) is 34.1 Å². The van der Waals surface area contributed by atoms with Gasteiger partial charge in [-0.3, -0.25) is 0 Å². The molecule has 52 heavy (non-hydrogen) atoms. The summed E-state index contributed by atoms with van der Waals surface area (Å²) in [6, 6.07) is 44.4. The second-order valence-corrected chi connectivity index (χ2v) is 17.2. The number of hydrogen-bond donors (Lipinski definition) is 0. The van der Waals surface area contributed by atoms with Crippen LogP contribution in [-0.2, 0) is 34.1 Å². The molecule has 8 rings (SSSR count). The van der Waals surface area contributed by atoms with Gasteiger partial charge in [-0.15, -0.1) is 0 Å². The second kappa shape index (κ2) is 23.6. The number of hydrogen-bond acceptors (Lipinski definition) is 0. The molecule has 4 aromatic rings. The molecule has 0 spiro atoms. The van der Waals surface area contributed by atoms with E-state index in [1.54, 1.807) is 0 Å².